The highest BCUT2D eigenvalue weighted by molar-refractivity contribution is 7.18. The van der Waals surface area contributed by atoms with Crippen molar-refractivity contribution in [3.05, 3.63) is 16.3 Å². The van der Waals surface area contributed by atoms with E-state index < -0.39 is 0 Å². The summed E-state index contributed by atoms with van der Waals surface area (Å²) in [5.74, 6) is 0. The van der Waals surface area contributed by atoms with Crippen LogP contribution >= 0.6 is 11.3 Å². The number of piperidine rings is 2. The van der Waals surface area contributed by atoms with E-state index in [0.29, 0.717) is 23.3 Å². The molecule has 2 aliphatic rings. The summed E-state index contributed by atoms with van der Waals surface area (Å²) in [6.45, 7) is 0. The lowest BCUT2D eigenvalue weighted by molar-refractivity contribution is -0.380. The first-order valence-corrected chi connectivity index (χ1v) is 7.54. The van der Waals surface area contributed by atoms with E-state index in [1.165, 1.54) is 25.5 Å². The van der Waals surface area contributed by atoms with Gasteiger partial charge in [0.1, 0.15) is 6.20 Å². The number of fused-ring (bicyclic) bond motifs is 2. The van der Waals surface area contributed by atoms with Crippen LogP contribution in [-0.2, 0) is 0 Å². The van der Waals surface area contributed by atoms with Crippen LogP contribution in [0.25, 0.3) is 0 Å². The fourth-order valence-corrected chi connectivity index (χ4v) is 4.03. The Kier molecular flexibility index (Phi) is 3.40. The Labute approximate surface area is 116 Å². The second kappa shape index (κ2) is 5.05. The Bertz CT molecular complexity index is 464. The van der Waals surface area contributed by atoms with Crippen LogP contribution in [0.4, 0.5) is 10.1 Å². The Morgan fingerprint density at radius 2 is 2.16 bits per heavy atom. The fraction of sp³-hybridized carbons (Fsp3) is 0.750. The molecule has 6 nitrogen and oxygen atoms in total. The van der Waals surface area contributed by atoms with E-state index in [-0.39, 0.29) is 9.92 Å². The second-order valence-electron chi connectivity index (χ2n) is 5.48. The monoisotopic (exact) mass is 282 g/mol. The summed E-state index contributed by atoms with van der Waals surface area (Å²) in [6.07, 6.45) is 7.42. The highest BCUT2D eigenvalue weighted by Crippen LogP contribution is 2.35. The van der Waals surface area contributed by atoms with Gasteiger partial charge in [-0.2, -0.15) is 0 Å². The van der Waals surface area contributed by atoms with Crippen molar-refractivity contribution in [2.45, 2.75) is 50.2 Å². The molecule has 3 heterocycles. The number of rotatable bonds is 3. The molecule has 1 N–H and O–H groups in total. The highest BCUT2D eigenvalue weighted by Gasteiger charge is 2.36. The van der Waals surface area contributed by atoms with Gasteiger partial charge in [0.25, 0.3) is 0 Å². The summed E-state index contributed by atoms with van der Waals surface area (Å²) in [4.78, 5) is 16.9. The maximum Gasteiger partial charge on any atom is 0.345 e. The molecule has 0 aromatic carbocycles. The molecule has 0 aliphatic carbocycles. The molecule has 0 amide bonds. The summed E-state index contributed by atoms with van der Waals surface area (Å²) in [5.41, 5.74) is 0. The first kappa shape index (κ1) is 12.8. The molecule has 2 saturated heterocycles. The number of anilines is 1. The van der Waals surface area contributed by atoms with Crippen molar-refractivity contribution in [2.24, 2.45) is 0 Å². The minimum atomic E-state index is -0.383. The molecular formula is C12H18N4O2S. The van der Waals surface area contributed by atoms with Crippen LogP contribution in [-0.4, -0.2) is 40.0 Å². The molecule has 0 saturated carbocycles. The van der Waals surface area contributed by atoms with Crippen LogP contribution < -0.4 is 5.32 Å². The van der Waals surface area contributed by atoms with Crippen molar-refractivity contribution in [1.29, 1.82) is 0 Å². The second-order valence-corrected chi connectivity index (χ2v) is 6.49. The maximum atomic E-state index is 10.7. The zero-order valence-electron chi connectivity index (χ0n) is 10.9. The average Bonchev–Trinajstić information content (AvgIpc) is 2.79. The first-order valence-electron chi connectivity index (χ1n) is 6.72. The van der Waals surface area contributed by atoms with E-state index in [0.717, 1.165) is 24.2 Å². The van der Waals surface area contributed by atoms with Crippen molar-refractivity contribution in [2.75, 3.05) is 12.4 Å². The number of hydrogen-bond donors (Lipinski definition) is 1. The predicted molar refractivity (Wildman–Crippen MR) is 74.6 cm³/mol. The van der Waals surface area contributed by atoms with Crippen molar-refractivity contribution in [1.82, 2.24) is 9.88 Å². The van der Waals surface area contributed by atoms with Gasteiger partial charge in [0.15, 0.2) is 5.13 Å². The highest BCUT2D eigenvalue weighted by atomic mass is 32.1. The van der Waals surface area contributed by atoms with Crippen LogP contribution in [0.2, 0.25) is 0 Å². The van der Waals surface area contributed by atoms with Crippen molar-refractivity contribution < 1.29 is 4.92 Å². The molecule has 7 heteroatoms. The molecule has 1 aromatic rings. The van der Waals surface area contributed by atoms with E-state index in [1.807, 2.05) is 0 Å². The van der Waals surface area contributed by atoms with E-state index in [4.69, 9.17) is 0 Å². The number of nitrogens with zero attached hydrogens (tertiary/aromatic N) is 3. The summed E-state index contributed by atoms with van der Waals surface area (Å²) < 4.78 is 0. The lowest BCUT2D eigenvalue weighted by Gasteiger charge is -2.47. The number of nitro groups is 1. The number of hydrogen-bond acceptors (Lipinski definition) is 6. The molecule has 1 aromatic heterocycles. The number of nitrogens with one attached hydrogen (secondary N) is 1. The van der Waals surface area contributed by atoms with Crippen molar-refractivity contribution >= 4 is 21.5 Å². The lowest BCUT2D eigenvalue weighted by atomic mass is 9.82. The molecule has 0 spiro atoms. The van der Waals surface area contributed by atoms with E-state index >= 15 is 0 Å². The number of aromatic nitrogens is 1. The minimum Gasteiger partial charge on any atom is -0.358 e. The third-order valence-electron chi connectivity index (χ3n) is 4.34. The molecule has 0 radical (unpaired) electrons. The minimum absolute atomic E-state index is 0.107. The molecule has 2 unspecified atom stereocenters. The Hall–Kier alpha value is -1.21. The van der Waals surface area contributed by atoms with E-state index in [1.54, 1.807) is 0 Å². The molecular weight excluding hydrogens is 264 g/mol. The standard InChI is InChI=1S/C12H18N4O2S/c1-15-9-3-2-4-10(15)6-8(5-9)14-12-13-7-11(19-12)16(17)18/h7-10H,2-6H2,1H3,(H,13,14). The Morgan fingerprint density at radius 3 is 2.74 bits per heavy atom. The predicted octanol–water partition coefficient (Wildman–Crippen LogP) is 2.48. The summed E-state index contributed by atoms with van der Waals surface area (Å²) in [6, 6.07) is 1.71. The SMILES string of the molecule is CN1C2CCCC1CC(Nc1ncc([N+](=O)[O-])s1)C2. The summed E-state index contributed by atoms with van der Waals surface area (Å²) >= 11 is 1.13. The zero-order valence-corrected chi connectivity index (χ0v) is 11.7. The lowest BCUT2D eigenvalue weighted by Crippen LogP contribution is -2.52. The maximum absolute atomic E-state index is 10.7. The van der Waals surface area contributed by atoms with Crippen LogP contribution in [0.5, 0.6) is 0 Å². The van der Waals surface area contributed by atoms with Gasteiger partial charge in [-0.1, -0.05) is 6.42 Å². The zero-order chi connectivity index (χ0) is 13.4. The molecule has 104 valence electrons. The van der Waals surface area contributed by atoms with Gasteiger partial charge in [-0.3, -0.25) is 10.1 Å². The third kappa shape index (κ3) is 2.57. The van der Waals surface area contributed by atoms with Crippen LogP contribution in [0.15, 0.2) is 6.20 Å². The molecule has 3 rings (SSSR count). The van der Waals surface area contributed by atoms with Crippen LogP contribution in [0, 0.1) is 10.1 Å². The van der Waals surface area contributed by atoms with E-state index in [9.17, 15) is 10.1 Å². The summed E-state index contributed by atoms with van der Waals surface area (Å²) in [5, 5.41) is 14.8. The van der Waals surface area contributed by atoms with Gasteiger partial charge in [0.05, 0.1) is 4.92 Å². The third-order valence-corrected chi connectivity index (χ3v) is 5.22. The summed E-state index contributed by atoms with van der Waals surface area (Å²) in [7, 11) is 2.22. The smallest absolute Gasteiger partial charge is 0.345 e. The van der Waals surface area contributed by atoms with Gasteiger partial charge >= 0.3 is 5.00 Å². The molecule has 19 heavy (non-hydrogen) atoms. The first-order chi connectivity index (χ1) is 9.13. The van der Waals surface area contributed by atoms with Gasteiger partial charge in [-0.25, -0.2) is 4.98 Å². The molecule has 2 atom stereocenters. The van der Waals surface area contributed by atoms with Gasteiger partial charge in [-0.05, 0) is 44.1 Å². The molecule has 2 fully saturated rings. The van der Waals surface area contributed by atoms with Gasteiger partial charge < -0.3 is 10.2 Å². The topological polar surface area (TPSA) is 71.3 Å². The van der Waals surface area contributed by atoms with Crippen LogP contribution in [0.1, 0.15) is 32.1 Å². The van der Waals surface area contributed by atoms with Gasteiger partial charge in [0, 0.05) is 18.1 Å². The Morgan fingerprint density at radius 1 is 1.47 bits per heavy atom. The van der Waals surface area contributed by atoms with Gasteiger partial charge in [-0.15, -0.1) is 0 Å². The normalized spacial score (nSPS) is 31.1. The van der Waals surface area contributed by atoms with E-state index in [2.05, 4.69) is 22.2 Å². The van der Waals surface area contributed by atoms with Crippen molar-refractivity contribution in [3.8, 4) is 0 Å². The fourth-order valence-electron chi connectivity index (χ4n) is 3.33. The number of thiazole rings is 1. The Balaban J connectivity index is 1.65. The van der Waals surface area contributed by atoms with Crippen LogP contribution in [0.3, 0.4) is 0 Å². The van der Waals surface area contributed by atoms with Gasteiger partial charge in [0.2, 0.25) is 0 Å². The molecule has 2 aliphatic heterocycles. The average molecular weight is 282 g/mol. The van der Waals surface area contributed by atoms with Crippen molar-refractivity contribution in [3.63, 3.8) is 0 Å². The quantitative estimate of drug-likeness (QED) is 0.681. The largest absolute Gasteiger partial charge is 0.358 e. The molecule has 2 bridgehead atoms.